The first-order valence-electron chi connectivity index (χ1n) is 8.22. The van der Waals surface area contributed by atoms with Crippen molar-refractivity contribution >= 4 is 21.1 Å². The van der Waals surface area contributed by atoms with Crippen LogP contribution in [-0.2, 0) is 10.2 Å². The number of H-pyrrole nitrogens is 1. The van der Waals surface area contributed by atoms with Gasteiger partial charge in [-0.05, 0) is 30.4 Å². The number of piperidine rings is 1. The van der Waals surface area contributed by atoms with Gasteiger partial charge < -0.3 is 4.98 Å². The highest BCUT2D eigenvalue weighted by atomic mass is 32.2. The van der Waals surface area contributed by atoms with Gasteiger partial charge in [0, 0.05) is 37.8 Å². The first-order valence-corrected chi connectivity index (χ1v) is 9.61. The van der Waals surface area contributed by atoms with E-state index in [-0.39, 0.29) is 19.0 Å². The lowest BCUT2D eigenvalue weighted by molar-refractivity contribution is 0.236. The van der Waals surface area contributed by atoms with Crippen molar-refractivity contribution in [2.75, 3.05) is 20.1 Å². The number of hydrogen-bond acceptors (Lipinski definition) is 3. The highest BCUT2D eigenvalue weighted by molar-refractivity contribution is 7.86. The molecule has 1 aromatic heterocycles. The summed E-state index contributed by atoms with van der Waals surface area (Å²) in [5.74, 6) is 0. The van der Waals surface area contributed by atoms with E-state index >= 15 is 0 Å². The van der Waals surface area contributed by atoms with E-state index < -0.39 is 10.2 Å². The number of nitrogens with one attached hydrogen (secondary N) is 1. The van der Waals surface area contributed by atoms with Crippen molar-refractivity contribution < 1.29 is 8.42 Å². The zero-order chi connectivity index (χ0) is 17.2. The minimum atomic E-state index is -3.57. The zero-order valence-corrected chi connectivity index (χ0v) is 14.6. The van der Waals surface area contributed by atoms with E-state index in [0.717, 1.165) is 35.9 Å². The van der Waals surface area contributed by atoms with Crippen LogP contribution in [0.25, 0.3) is 10.9 Å². The van der Waals surface area contributed by atoms with Crippen molar-refractivity contribution in [1.82, 2.24) is 13.6 Å². The lowest BCUT2D eigenvalue weighted by atomic mass is 10.0. The second-order valence-electron chi connectivity index (χ2n) is 6.17. The second kappa shape index (κ2) is 6.93. The Bertz CT molecular complexity index is 820. The zero-order valence-electron chi connectivity index (χ0n) is 13.8. The third-order valence-corrected chi connectivity index (χ3v) is 6.59. The van der Waals surface area contributed by atoms with Crippen molar-refractivity contribution in [1.29, 1.82) is 5.26 Å². The molecule has 2 aromatic rings. The number of aromatic amines is 1. The van der Waals surface area contributed by atoms with Gasteiger partial charge in [-0.1, -0.05) is 24.6 Å². The summed E-state index contributed by atoms with van der Waals surface area (Å²) >= 11 is 0. The molecule has 1 aliphatic heterocycles. The van der Waals surface area contributed by atoms with E-state index in [1.807, 2.05) is 36.4 Å². The summed E-state index contributed by atoms with van der Waals surface area (Å²) in [7, 11) is -2.03. The van der Waals surface area contributed by atoms with Gasteiger partial charge in [-0.2, -0.15) is 22.3 Å². The molecular formula is C17H22N4O2S. The highest BCUT2D eigenvalue weighted by Gasteiger charge is 2.36. The standard InChI is InChI=1S/C17H22N4O2S/c1-20(11-6-10-18)24(22,23)21-12-5-4-9-17(21)16-13-14-7-2-3-8-15(14)19-16/h2-3,7-8,13,17,19H,4-6,9,11-12H2,1H3. The SMILES string of the molecule is CN(CCC#N)S(=O)(=O)N1CCCCC1c1cc2ccccc2[nH]1. The third kappa shape index (κ3) is 3.18. The maximum atomic E-state index is 12.9. The Morgan fingerprint density at radius 2 is 2.17 bits per heavy atom. The number of rotatable bonds is 5. The molecule has 1 unspecified atom stereocenters. The minimum Gasteiger partial charge on any atom is -0.357 e. The van der Waals surface area contributed by atoms with Gasteiger partial charge in [0.2, 0.25) is 0 Å². The normalized spacial score (nSPS) is 19.6. The van der Waals surface area contributed by atoms with Crippen LogP contribution in [0.1, 0.15) is 37.4 Å². The maximum absolute atomic E-state index is 12.9. The molecule has 0 bridgehead atoms. The molecule has 0 aliphatic carbocycles. The van der Waals surface area contributed by atoms with Crippen LogP contribution in [0.2, 0.25) is 0 Å². The molecule has 0 saturated carbocycles. The third-order valence-electron chi connectivity index (χ3n) is 4.59. The van der Waals surface area contributed by atoms with Crippen molar-refractivity contribution in [3.8, 4) is 6.07 Å². The first-order chi connectivity index (χ1) is 11.5. The Labute approximate surface area is 142 Å². The molecule has 1 N–H and O–H groups in total. The second-order valence-corrected chi connectivity index (χ2v) is 8.16. The van der Waals surface area contributed by atoms with Crippen LogP contribution in [0, 0.1) is 11.3 Å². The highest BCUT2D eigenvalue weighted by Crippen LogP contribution is 2.34. The summed E-state index contributed by atoms with van der Waals surface area (Å²) in [6.07, 6.45) is 2.87. The summed E-state index contributed by atoms with van der Waals surface area (Å²) in [5, 5.41) is 9.80. The van der Waals surface area contributed by atoms with Gasteiger partial charge in [0.25, 0.3) is 10.2 Å². The molecule has 1 fully saturated rings. The van der Waals surface area contributed by atoms with Gasteiger partial charge in [0.15, 0.2) is 0 Å². The average Bonchev–Trinajstić information content (AvgIpc) is 3.03. The largest absolute Gasteiger partial charge is 0.357 e. The van der Waals surface area contributed by atoms with E-state index in [1.165, 1.54) is 4.31 Å². The van der Waals surface area contributed by atoms with Crippen molar-refractivity contribution in [2.24, 2.45) is 0 Å². The molecule has 7 heteroatoms. The quantitative estimate of drug-likeness (QED) is 0.904. The van der Waals surface area contributed by atoms with Gasteiger partial charge in [-0.15, -0.1) is 0 Å². The van der Waals surface area contributed by atoms with Gasteiger partial charge in [-0.3, -0.25) is 0 Å². The minimum absolute atomic E-state index is 0.180. The van der Waals surface area contributed by atoms with Gasteiger partial charge in [0.1, 0.15) is 0 Å². The lowest BCUT2D eigenvalue weighted by Crippen LogP contribution is -2.46. The fourth-order valence-corrected chi connectivity index (χ4v) is 4.85. The van der Waals surface area contributed by atoms with Crippen LogP contribution in [0.15, 0.2) is 30.3 Å². The molecule has 3 rings (SSSR count). The van der Waals surface area contributed by atoms with E-state index in [2.05, 4.69) is 4.98 Å². The molecular weight excluding hydrogens is 324 g/mol. The fourth-order valence-electron chi connectivity index (χ4n) is 3.27. The Balaban J connectivity index is 1.92. The smallest absolute Gasteiger partial charge is 0.282 e. The van der Waals surface area contributed by atoms with E-state index in [4.69, 9.17) is 5.26 Å². The Kier molecular flexibility index (Phi) is 4.90. The van der Waals surface area contributed by atoms with Crippen LogP contribution in [0.3, 0.4) is 0 Å². The van der Waals surface area contributed by atoms with Crippen molar-refractivity contribution in [2.45, 2.75) is 31.7 Å². The predicted molar refractivity (Wildman–Crippen MR) is 93.4 cm³/mol. The van der Waals surface area contributed by atoms with Gasteiger partial charge in [-0.25, -0.2) is 0 Å². The molecule has 1 saturated heterocycles. The number of nitrogens with zero attached hydrogens (tertiary/aromatic N) is 3. The summed E-state index contributed by atoms with van der Waals surface area (Å²) in [6.45, 7) is 0.730. The number of para-hydroxylation sites is 1. The van der Waals surface area contributed by atoms with Gasteiger partial charge in [0.05, 0.1) is 12.1 Å². The molecule has 128 valence electrons. The average molecular weight is 346 g/mol. The molecule has 24 heavy (non-hydrogen) atoms. The van der Waals surface area contributed by atoms with Crippen molar-refractivity contribution in [3.63, 3.8) is 0 Å². The predicted octanol–water partition coefficient (Wildman–Crippen LogP) is 2.79. The van der Waals surface area contributed by atoms with Crippen LogP contribution < -0.4 is 0 Å². The number of aromatic nitrogens is 1. The lowest BCUT2D eigenvalue weighted by Gasteiger charge is -2.36. The molecule has 0 radical (unpaired) electrons. The van der Waals surface area contributed by atoms with E-state index in [1.54, 1.807) is 11.4 Å². The molecule has 0 amide bonds. The maximum Gasteiger partial charge on any atom is 0.282 e. The topological polar surface area (TPSA) is 80.2 Å². The van der Waals surface area contributed by atoms with Crippen LogP contribution in [0.5, 0.6) is 0 Å². The number of benzene rings is 1. The van der Waals surface area contributed by atoms with E-state index in [9.17, 15) is 8.42 Å². The fraction of sp³-hybridized carbons (Fsp3) is 0.471. The van der Waals surface area contributed by atoms with Crippen LogP contribution >= 0.6 is 0 Å². The number of nitriles is 1. The summed E-state index contributed by atoms with van der Waals surface area (Å²) in [5.41, 5.74) is 1.96. The number of fused-ring (bicyclic) bond motifs is 1. The molecule has 0 spiro atoms. The monoisotopic (exact) mass is 346 g/mol. The van der Waals surface area contributed by atoms with Crippen LogP contribution in [-0.4, -0.2) is 42.1 Å². The van der Waals surface area contributed by atoms with E-state index in [0.29, 0.717) is 6.54 Å². The Morgan fingerprint density at radius 1 is 1.38 bits per heavy atom. The molecule has 1 aliphatic rings. The number of hydrogen-bond donors (Lipinski definition) is 1. The molecule has 6 nitrogen and oxygen atoms in total. The van der Waals surface area contributed by atoms with Crippen LogP contribution in [0.4, 0.5) is 0 Å². The molecule has 1 aromatic carbocycles. The molecule has 1 atom stereocenters. The first kappa shape index (κ1) is 17.0. The van der Waals surface area contributed by atoms with Gasteiger partial charge >= 0.3 is 0 Å². The molecule has 2 heterocycles. The van der Waals surface area contributed by atoms with Crippen molar-refractivity contribution in [3.05, 3.63) is 36.0 Å². The Hall–Kier alpha value is -1.88. The Morgan fingerprint density at radius 3 is 2.92 bits per heavy atom. The summed E-state index contributed by atoms with van der Waals surface area (Å²) in [4.78, 5) is 3.37. The summed E-state index contributed by atoms with van der Waals surface area (Å²) in [6, 6.07) is 11.8. The summed E-state index contributed by atoms with van der Waals surface area (Å²) < 4.78 is 28.7.